The van der Waals surface area contributed by atoms with Gasteiger partial charge in [-0.1, -0.05) is 37.1 Å². The summed E-state index contributed by atoms with van der Waals surface area (Å²) < 4.78 is 66.0. The van der Waals surface area contributed by atoms with Crippen molar-refractivity contribution in [2.24, 2.45) is 13.0 Å². The molecule has 0 aliphatic heterocycles. The number of benzene rings is 3. The van der Waals surface area contributed by atoms with Gasteiger partial charge in [-0.25, -0.2) is 31.4 Å². The van der Waals surface area contributed by atoms with E-state index in [-0.39, 0.29) is 22.8 Å². The van der Waals surface area contributed by atoms with Gasteiger partial charge in [-0.15, -0.1) is 0 Å². The largest absolute Gasteiger partial charge is 0.461 e. The van der Waals surface area contributed by atoms with Crippen LogP contribution in [0.4, 0.5) is 14.5 Å². The number of aromatic nitrogens is 2. The molecule has 1 aliphatic carbocycles. The van der Waals surface area contributed by atoms with E-state index in [1.54, 1.807) is 13.8 Å². The molecule has 3 aromatic carbocycles. The van der Waals surface area contributed by atoms with Crippen LogP contribution < -0.4 is 21.3 Å². The lowest BCUT2D eigenvalue weighted by molar-refractivity contribution is -0.149. The molecule has 1 saturated carbocycles. The van der Waals surface area contributed by atoms with E-state index in [1.165, 1.54) is 72.4 Å². The van der Waals surface area contributed by atoms with Gasteiger partial charge in [0.2, 0.25) is 0 Å². The van der Waals surface area contributed by atoms with Gasteiger partial charge in [-0.2, -0.15) is 0 Å². The number of rotatable bonds is 14. The number of ketones is 1. The topological polar surface area (TPSA) is 163 Å². The van der Waals surface area contributed by atoms with Crippen LogP contribution in [0.2, 0.25) is 0 Å². The van der Waals surface area contributed by atoms with Crippen molar-refractivity contribution in [3.63, 3.8) is 0 Å². The van der Waals surface area contributed by atoms with E-state index in [2.05, 4.69) is 10.0 Å². The first-order valence-corrected chi connectivity index (χ1v) is 17.7. The van der Waals surface area contributed by atoms with Gasteiger partial charge in [-0.3, -0.25) is 19.1 Å². The van der Waals surface area contributed by atoms with Crippen molar-refractivity contribution in [1.82, 2.24) is 14.5 Å². The lowest BCUT2D eigenvalue weighted by Crippen LogP contribution is -2.44. The Morgan fingerprint density at radius 2 is 1.57 bits per heavy atom. The molecule has 2 N–H and O–H groups in total. The Labute approximate surface area is 292 Å². The van der Waals surface area contributed by atoms with Crippen LogP contribution in [0.15, 0.2) is 87.4 Å². The summed E-state index contributed by atoms with van der Waals surface area (Å²) in [5.41, 5.74) is -1.65. The highest BCUT2D eigenvalue weighted by Crippen LogP contribution is 2.34. The molecule has 51 heavy (non-hydrogen) atoms. The van der Waals surface area contributed by atoms with Crippen LogP contribution in [-0.4, -0.2) is 47.4 Å². The number of carbonyl (C=O) groups excluding carboxylic acids is 3. The number of nitrogens with zero attached hydrogens (tertiary/aromatic N) is 2. The number of ether oxygens (including phenoxy) is 1. The number of anilines is 1. The van der Waals surface area contributed by atoms with E-state index < -0.39 is 68.2 Å². The van der Waals surface area contributed by atoms with Gasteiger partial charge in [0, 0.05) is 37.7 Å². The van der Waals surface area contributed by atoms with E-state index in [0.29, 0.717) is 35.6 Å². The molecule has 12 nitrogen and oxygen atoms in total. The SMILES string of the molecule is CC(C)OC(=O)[C@H](Cc1ccc(-n2c(=O)ccn(C)c2=O)cc1)NC(=O)c1c(F)cc(NS(=O)(=O)c2ccc(C(=O)CCC3CC3)cc2)cc1F. The first-order valence-electron chi connectivity index (χ1n) is 16.2. The molecule has 0 bridgehead atoms. The number of Topliss-reactive ketones (excluding diaryl/α,β-unsaturated/α-hetero) is 1. The zero-order chi connectivity index (χ0) is 37.0. The Hall–Kier alpha value is -5.44. The number of halogens is 2. The van der Waals surface area contributed by atoms with Gasteiger partial charge in [-0.05, 0) is 68.1 Å². The molecule has 1 aromatic heterocycles. The minimum atomic E-state index is -4.34. The van der Waals surface area contributed by atoms with Crippen molar-refractivity contribution in [2.45, 2.75) is 63.0 Å². The van der Waals surface area contributed by atoms with Crippen molar-refractivity contribution in [1.29, 1.82) is 0 Å². The fourth-order valence-electron chi connectivity index (χ4n) is 5.33. The van der Waals surface area contributed by atoms with Gasteiger partial charge in [0.1, 0.15) is 23.2 Å². The molecular formula is C36H36F2N4O8S. The molecule has 0 spiro atoms. The van der Waals surface area contributed by atoms with Crippen molar-refractivity contribution in [2.75, 3.05) is 4.72 Å². The van der Waals surface area contributed by atoms with Crippen LogP contribution in [0, 0.1) is 17.6 Å². The van der Waals surface area contributed by atoms with Gasteiger partial charge >= 0.3 is 11.7 Å². The third-order valence-corrected chi connectivity index (χ3v) is 9.61. The minimum absolute atomic E-state index is 0.108. The second-order valence-corrected chi connectivity index (χ2v) is 14.3. The number of aryl methyl sites for hydroxylation is 1. The van der Waals surface area contributed by atoms with Crippen LogP contribution in [0.25, 0.3) is 5.69 Å². The Morgan fingerprint density at radius 3 is 2.16 bits per heavy atom. The molecule has 0 radical (unpaired) electrons. The number of carbonyl (C=O) groups is 3. The Bertz CT molecular complexity index is 2170. The highest BCUT2D eigenvalue weighted by Gasteiger charge is 2.28. The van der Waals surface area contributed by atoms with Crippen molar-refractivity contribution >= 4 is 33.4 Å². The van der Waals surface area contributed by atoms with Gasteiger partial charge < -0.3 is 14.6 Å². The number of sulfonamides is 1. The van der Waals surface area contributed by atoms with Crippen molar-refractivity contribution in [3.05, 3.63) is 122 Å². The highest BCUT2D eigenvalue weighted by atomic mass is 32.2. The summed E-state index contributed by atoms with van der Waals surface area (Å²) in [6.07, 6.45) is 3.92. The Morgan fingerprint density at radius 1 is 0.941 bits per heavy atom. The van der Waals surface area contributed by atoms with Crippen molar-refractivity contribution < 1.29 is 36.3 Å². The average molecular weight is 723 g/mol. The van der Waals surface area contributed by atoms with Gasteiger partial charge in [0.25, 0.3) is 21.5 Å². The summed E-state index contributed by atoms with van der Waals surface area (Å²) in [6.45, 7) is 3.15. The van der Waals surface area contributed by atoms with E-state index in [4.69, 9.17) is 4.74 Å². The molecule has 0 unspecified atom stereocenters. The molecule has 1 amide bonds. The standard InChI is InChI=1S/C36H36F2N4O8S/c1-21(2)50-35(46)30(18-23-6-11-26(12-7-23)42-32(44)16-17-41(3)36(42)47)39-34(45)33-28(37)19-25(20-29(33)38)40-51(48,49)27-13-9-24(10-14-27)31(43)15-8-22-4-5-22/h6-7,9-14,16-17,19-22,30,40H,4-5,8,15,18H2,1-3H3,(H,39,45)/t30-/m0/s1. The third kappa shape index (κ3) is 9.03. The van der Waals surface area contributed by atoms with Crippen LogP contribution in [0.3, 0.4) is 0 Å². The van der Waals surface area contributed by atoms with Crippen LogP contribution in [0.5, 0.6) is 0 Å². The Kier molecular flexibility index (Phi) is 11.0. The second kappa shape index (κ2) is 15.2. The maximum Gasteiger partial charge on any atom is 0.335 e. The molecule has 15 heteroatoms. The normalized spacial score (nSPS) is 13.5. The molecular weight excluding hydrogens is 686 g/mol. The van der Waals surface area contributed by atoms with Gasteiger partial charge in [0.15, 0.2) is 5.78 Å². The zero-order valence-corrected chi connectivity index (χ0v) is 28.8. The van der Waals surface area contributed by atoms with Gasteiger partial charge in [0.05, 0.1) is 22.4 Å². The van der Waals surface area contributed by atoms with Crippen LogP contribution >= 0.6 is 0 Å². The first-order chi connectivity index (χ1) is 24.1. The lowest BCUT2D eigenvalue weighted by Gasteiger charge is -2.20. The lowest BCUT2D eigenvalue weighted by atomic mass is 10.0. The molecule has 1 fully saturated rings. The molecule has 268 valence electrons. The quantitative estimate of drug-likeness (QED) is 0.144. The predicted molar refractivity (Wildman–Crippen MR) is 183 cm³/mol. The van der Waals surface area contributed by atoms with E-state index in [9.17, 15) is 32.4 Å². The fraction of sp³-hybridized carbons (Fsp3) is 0.306. The summed E-state index contributed by atoms with van der Waals surface area (Å²) in [6, 6.07) is 12.2. The van der Waals surface area contributed by atoms with Crippen LogP contribution in [-0.2, 0) is 33.0 Å². The smallest absolute Gasteiger partial charge is 0.335 e. The molecule has 5 rings (SSSR count). The highest BCUT2D eigenvalue weighted by molar-refractivity contribution is 7.92. The fourth-order valence-corrected chi connectivity index (χ4v) is 6.37. The van der Waals surface area contributed by atoms with Crippen LogP contribution in [0.1, 0.15) is 65.8 Å². The molecule has 1 aliphatic rings. The summed E-state index contributed by atoms with van der Waals surface area (Å²) in [5, 5.41) is 2.30. The third-order valence-electron chi connectivity index (χ3n) is 8.21. The number of hydrogen-bond donors (Lipinski definition) is 2. The Balaban J connectivity index is 1.30. The average Bonchev–Trinajstić information content (AvgIpc) is 3.90. The number of nitrogens with one attached hydrogen (secondary N) is 2. The van der Waals surface area contributed by atoms with E-state index in [1.807, 2.05) is 0 Å². The summed E-state index contributed by atoms with van der Waals surface area (Å²) in [4.78, 5) is 63.1. The maximum absolute atomic E-state index is 15.3. The summed E-state index contributed by atoms with van der Waals surface area (Å²) >= 11 is 0. The van der Waals surface area contributed by atoms with Crippen molar-refractivity contribution in [3.8, 4) is 5.69 Å². The predicted octanol–water partition coefficient (Wildman–Crippen LogP) is 4.28. The molecule has 1 heterocycles. The zero-order valence-electron chi connectivity index (χ0n) is 28.0. The summed E-state index contributed by atoms with van der Waals surface area (Å²) in [7, 11) is -2.85. The first kappa shape index (κ1) is 36.8. The van der Waals surface area contributed by atoms with E-state index in [0.717, 1.165) is 23.8 Å². The molecule has 1 atom stereocenters. The minimum Gasteiger partial charge on any atom is -0.461 e. The second-order valence-electron chi connectivity index (χ2n) is 12.6. The number of hydrogen-bond acceptors (Lipinski definition) is 8. The monoisotopic (exact) mass is 722 g/mol. The number of amides is 1. The molecule has 0 saturated heterocycles. The number of esters is 1. The van der Waals surface area contributed by atoms with E-state index >= 15 is 8.78 Å². The summed E-state index contributed by atoms with van der Waals surface area (Å²) in [5.74, 6) is -4.55. The molecule has 4 aromatic rings. The maximum atomic E-state index is 15.3.